The average Bonchev–Trinajstić information content (AvgIpc) is 1.69. The van der Waals surface area contributed by atoms with E-state index in [1.165, 1.54) is 6.20 Å². The molecule has 0 aliphatic rings. The highest BCUT2D eigenvalue weighted by atomic mass is 127. The molecular formula is C4H5IN2. The van der Waals surface area contributed by atoms with Gasteiger partial charge in [-0.2, -0.15) is 0 Å². The van der Waals surface area contributed by atoms with Gasteiger partial charge in [-0.1, -0.05) is 6.58 Å². The van der Waals surface area contributed by atoms with Crippen molar-refractivity contribution in [1.82, 2.24) is 0 Å². The van der Waals surface area contributed by atoms with Crippen molar-refractivity contribution >= 4 is 35.3 Å². The van der Waals surface area contributed by atoms with Gasteiger partial charge in [0.2, 0.25) is 0 Å². The monoisotopic (exact) mass is 208 g/mol. The molecular weight excluding hydrogens is 203 g/mol. The summed E-state index contributed by atoms with van der Waals surface area (Å²) in [5, 5.41) is 0. The van der Waals surface area contributed by atoms with Crippen LogP contribution in [0.25, 0.3) is 0 Å². The zero-order chi connectivity index (χ0) is 5.54. The molecule has 0 aromatic rings. The second-order valence-corrected chi connectivity index (χ2v) is 1.28. The Hall–Kier alpha value is -0.190. The molecule has 0 spiro atoms. The summed E-state index contributed by atoms with van der Waals surface area (Å²) in [6, 6.07) is 0. The Morgan fingerprint density at radius 2 is 2.14 bits per heavy atom. The van der Waals surface area contributed by atoms with Gasteiger partial charge in [-0.3, -0.25) is 4.99 Å². The Morgan fingerprint density at radius 3 is 2.57 bits per heavy atom. The summed E-state index contributed by atoms with van der Waals surface area (Å²) >= 11 is 1.87. The predicted octanol–water partition coefficient (Wildman–Crippen LogP) is 1.62. The topological polar surface area (TPSA) is 24.7 Å². The lowest BCUT2D eigenvalue weighted by Crippen LogP contribution is -1.66. The van der Waals surface area contributed by atoms with Gasteiger partial charge in [0.05, 0.1) is 29.1 Å². The lowest BCUT2D eigenvalue weighted by Gasteiger charge is -1.64. The highest BCUT2D eigenvalue weighted by Gasteiger charge is 1.54. The molecule has 0 saturated heterocycles. The van der Waals surface area contributed by atoms with Gasteiger partial charge in [-0.25, -0.2) is 3.21 Å². The molecule has 0 aliphatic carbocycles. The first-order valence-electron chi connectivity index (χ1n) is 1.69. The van der Waals surface area contributed by atoms with E-state index in [1.807, 2.05) is 22.9 Å². The van der Waals surface area contributed by atoms with Gasteiger partial charge in [0.1, 0.15) is 0 Å². The van der Waals surface area contributed by atoms with Crippen LogP contribution < -0.4 is 0 Å². The van der Waals surface area contributed by atoms with E-state index in [1.54, 1.807) is 12.4 Å². The molecule has 0 atom stereocenters. The zero-order valence-electron chi connectivity index (χ0n) is 3.71. The minimum Gasteiger partial charge on any atom is -0.264 e. The normalized spacial score (nSPS) is 11.0. The van der Waals surface area contributed by atoms with Crippen LogP contribution in [0.3, 0.4) is 0 Å². The first-order valence-corrected chi connectivity index (χ1v) is 2.65. The van der Waals surface area contributed by atoms with Crippen LogP contribution >= 0.6 is 22.9 Å². The van der Waals surface area contributed by atoms with E-state index in [2.05, 4.69) is 14.8 Å². The molecule has 38 valence electrons. The fourth-order valence-corrected chi connectivity index (χ4v) is 0.268. The molecule has 0 fully saturated rings. The fourth-order valence-electron chi connectivity index (χ4n) is 0.125. The van der Waals surface area contributed by atoms with Crippen molar-refractivity contribution < 1.29 is 0 Å². The average molecular weight is 208 g/mol. The molecule has 0 saturated carbocycles. The van der Waals surface area contributed by atoms with E-state index in [4.69, 9.17) is 0 Å². The van der Waals surface area contributed by atoms with Crippen molar-refractivity contribution in [3.05, 3.63) is 12.8 Å². The summed E-state index contributed by atoms with van der Waals surface area (Å²) in [7, 11) is 0. The summed E-state index contributed by atoms with van der Waals surface area (Å²) in [6.45, 7) is 3.37. The van der Waals surface area contributed by atoms with Crippen molar-refractivity contribution in [2.24, 2.45) is 8.20 Å². The lowest BCUT2D eigenvalue weighted by atomic mass is 10.8. The number of halogens is 1. The Morgan fingerprint density at radius 1 is 1.43 bits per heavy atom. The third-order valence-electron chi connectivity index (χ3n) is 0.314. The van der Waals surface area contributed by atoms with Crippen molar-refractivity contribution in [3.8, 4) is 0 Å². The molecule has 7 heavy (non-hydrogen) atoms. The molecule has 0 amide bonds. The highest BCUT2D eigenvalue weighted by Crippen LogP contribution is 1.74. The molecule has 0 bridgehead atoms. The number of nitrogens with zero attached hydrogens (tertiary/aromatic N) is 2. The first kappa shape index (κ1) is 6.81. The molecule has 0 heterocycles. The zero-order valence-corrected chi connectivity index (χ0v) is 5.87. The lowest BCUT2D eigenvalue weighted by molar-refractivity contribution is 1.64. The Labute approximate surface area is 56.6 Å². The van der Waals surface area contributed by atoms with E-state index >= 15 is 0 Å². The Bertz CT molecular complexity index is 95.9. The summed E-state index contributed by atoms with van der Waals surface area (Å²) in [6.07, 6.45) is 4.61. The van der Waals surface area contributed by atoms with E-state index in [9.17, 15) is 0 Å². The van der Waals surface area contributed by atoms with Crippen molar-refractivity contribution in [2.75, 3.05) is 0 Å². The Kier molecular flexibility index (Phi) is 5.65. The summed E-state index contributed by atoms with van der Waals surface area (Å²) in [5.74, 6) is 0. The summed E-state index contributed by atoms with van der Waals surface area (Å²) in [5.41, 5.74) is 0. The van der Waals surface area contributed by atoms with Gasteiger partial charge in [0.25, 0.3) is 0 Å². The minimum atomic E-state index is 1.46. The maximum absolute atomic E-state index is 3.65. The van der Waals surface area contributed by atoms with Gasteiger partial charge in [-0.15, -0.1) is 0 Å². The van der Waals surface area contributed by atoms with Crippen molar-refractivity contribution in [1.29, 1.82) is 0 Å². The second-order valence-electron chi connectivity index (χ2n) is 0.727. The Balaban J connectivity index is 3.27. The van der Waals surface area contributed by atoms with Crippen LogP contribution in [-0.4, -0.2) is 12.4 Å². The van der Waals surface area contributed by atoms with Crippen molar-refractivity contribution in [2.45, 2.75) is 0 Å². The fraction of sp³-hybridized carbons (Fsp3) is 0. The van der Waals surface area contributed by atoms with Crippen LogP contribution in [0.4, 0.5) is 0 Å². The van der Waals surface area contributed by atoms with E-state index in [0.717, 1.165) is 0 Å². The standard InChI is InChI=1S/C4H5IN2/c1-2-6-3-4-7-5/h2-4H,1H2. The van der Waals surface area contributed by atoms with Crippen LogP contribution in [0.1, 0.15) is 0 Å². The van der Waals surface area contributed by atoms with E-state index in [0.29, 0.717) is 0 Å². The summed E-state index contributed by atoms with van der Waals surface area (Å²) in [4.78, 5) is 3.65. The summed E-state index contributed by atoms with van der Waals surface area (Å²) < 4.78 is 3.62. The molecule has 0 unspecified atom stereocenters. The largest absolute Gasteiger partial charge is 0.264 e. The molecule has 0 aromatic heterocycles. The van der Waals surface area contributed by atoms with Crippen LogP contribution in [0.2, 0.25) is 0 Å². The molecule has 0 aliphatic heterocycles. The molecule has 3 heteroatoms. The van der Waals surface area contributed by atoms with Gasteiger partial charge in [0.15, 0.2) is 0 Å². The first-order chi connectivity index (χ1) is 3.41. The SMILES string of the molecule is C=CN=CC=NI. The number of hydrogen-bond donors (Lipinski definition) is 0. The molecule has 0 rings (SSSR count). The maximum Gasteiger partial charge on any atom is 0.0831 e. The molecule has 2 nitrogen and oxygen atoms in total. The van der Waals surface area contributed by atoms with Crippen LogP contribution in [0.5, 0.6) is 0 Å². The van der Waals surface area contributed by atoms with Gasteiger partial charge in [-0.05, 0) is 0 Å². The quantitative estimate of drug-likeness (QED) is 0.486. The third-order valence-corrected chi connectivity index (χ3v) is 0.636. The maximum atomic E-state index is 3.65. The smallest absolute Gasteiger partial charge is 0.0831 e. The minimum absolute atomic E-state index is 1.46. The third kappa shape index (κ3) is 5.81. The van der Waals surface area contributed by atoms with Gasteiger partial charge >= 0.3 is 0 Å². The molecule has 0 N–H and O–H groups in total. The second kappa shape index (κ2) is 5.81. The predicted molar refractivity (Wildman–Crippen MR) is 41.2 cm³/mol. The van der Waals surface area contributed by atoms with Gasteiger partial charge < -0.3 is 0 Å². The highest BCUT2D eigenvalue weighted by molar-refractivity contribution is 14.1. The van der Waals surface area contributed by atoms with E-state index in [-0.39, 0.29) is 0 Å². The van der Waals surface area contributed by atoms with Crippen LogP contribution in [0, 0.1) is 0 Å². The number of hydrogen-bond acceptors (Lipinski definition) is 2. The van der Waals surface area contributed by atoms with Crippen LogP contribution in [-0.2, 0) is 0 Å². The number of rotatable bonds is 2. The van der Waals surface area contributed by atoms with Gasteiger partial charge in [0, 0.05) is 12.4 Å². The molecule has 0 aromatic carbocycles. The number of aliphatic imine (C=N–C) groups is 1. The van der Waals surface area contributed by atoms with E-state index < -0.39 is 0 Å². The van der Waals surface area contributed by atoms with Crippen LogP contribution in [0.15, 0.2) is 21.0 Å². The van der Waals surface area contributed by atoms with Crippen molar-refractivity contribution in [3.63, 3.8) is 0 Å². The molecule has 0 radical (unpaired) electrons.